The van der Waals surface area contributed by atoms with Crippen molar-refractivity contribution in [2.24, 2.45) is 0 Å². The first-order valence-electron chi connectivity index (χ1n) is 31.8. The number of hydrogen-bond acceptors (Lipinski definition) is 6. The maximum Gasteiger partial charge on any atom is 0.306 e. The van der Waals surface area contributed by atoms with Gasteiger partial charge in [-0.15, -0.1) is 0 Å². The molecule has 0 radical (unpaired) electrons. The summed E-state index contributed by atoms with van der Waals surface area (Å²) >= 11 is 0. The molecular weight excluding hydrogens is 901 g/mol. The van der Waals surface area contributed by atoms with Crippen LogP contribution >= 0.6 is 0 Å². The zero-order chi connectivity index (χ0) is 52.9. The van der Waals surface area contributed by atoms with Crippen LogP contribution in [0.5, 0.6) is 0 Å². The van der Waals surface area contributed by atoms with Crippen LogP contribution in [-0.2, 0) is 28.6 Å². The van der Waals surface area contributed by atoms with E-state index in [-0.39, 0.29) is 31.1 Å². The maximum absolute atomic E-state index is 12.8. The van der Waals surface area contributed by atoms with E-state index in [0.717, 1.165) is 89.9 Å². The third-order valence-corrected chi connectivity index (χ3v) is 14.0. The van der Waals surface area contributed by atoms with Crippen molar-refractivity contribution in [3.63, 3.8) is 0 Å². The molecule has 0 fully saturated rings. The Morgan fingerprint density at radius 1 is 0.288 bits per heavy atom. The van der Waals surface area contributed by atoms with Crippen molar-refractivity contribution in [2.45, 2.75) is 335 Å². The number of carbonyl (C=O) groups is 3. The summed E-state index contributed by atoms with van der Waals surface area (Å²) in [7, 11) is 0. The molecule has 0 heterocycles. The lowest BCUT2D eigenvalue weighted by atomic mass is 10.0. The van der Waals surface area contributed by atoms with E-state index < -0.39 is 6.10 Å². The predicted molar refractivity (Wildman–Crippen MR) is 316 cm³/mol. The minimum absolute atomic E-state index is 0.0725. The van der Waals surface area contributed by atoms with Gasteiger partial charge in [-0.3, -0.25) is 14.4 Å². The van der Waals surface area contributed by atoms with Gasteiger partial charge in [0.05, 0.1) is 0 Å². The van der Waals surface area contributed by atoms with E-state index in [9.17, 15) is 14.4 Å². The summed E-state index contributed by atoms with van der Waals surface area (Å²) in [5.74, 6) is -0.867. The minimum Gasteiger partial charge on any atom is -0.462 e. The second kappa shape index (κ2) is 61.7. The lowest BCUT2D eigenvalue weighted by Gasteiger charge is -2.18. The zero-order valence-corrected chi connectivity index (χ0v) is 48.7. The van der Waals surface area contributed by atoms with Crippen molar-refractivity contribution in [1.82, 2.24) is 0 Å². The van der Waals surface area contributed by atoms with Gasteiger partial charge >= 0.3 is 17.9 Å². The molecule has 0 saturated heterocycles. The highest BCUT2D eigenvalue weighted by molar-refractivity contribution is 5.71. The highest BCUT2D eigenvalue weighted by Gasteiger charge is 2.19. The topological polar surface area (TPSA) is 78.9 Å². The summed E-state index contributed by atoms with van der Waals surface area (Å²) < 4.78 is 16.9. The normalized spacial score (nSPS) is 12.4. The monoisotopic (exact) mass is 1020 g/mol. The molecule has 73 heavy (non-hydrogen) atoms. The molecule has 6 nitrogen and oxygen atoms in total. The number of rotatable bonds is 58. The lowest BCUT2D eigenvalue weighted by Crippen LogP contribution is -2.30. The summed E-state index contributed by atoms with van der Waals surface area (Å²) in [4.78, 5) is 38.1. The van der Waals surface area contributed by atoms with E-state index in [0.29, 0.717) is 19.3 Å². The van der Waals surface area contributed by atoms with E-state index in [1.54, 1.807) is 0 Å². The summed E-state index contributed by atoms with van der Waals surface area (Å²) in [6.07, 6.45) is 78.2. The minimum atomic E-state index is -0.773. The lowest BCUT2D eigenvalue weighted by molar-refractivity contribution is -0.167. The van der Waals surface area contributed by atoms with Crippen molar-refractivity contribution in [2.75, 3.05) is 13.2 Å². The van der Waals surface area contributed by atoms with Crippen LogP contribution in [-0.4, -0.2) is 37.2 Å². The molecule has 0 spiro atoms. The van der Waals surface area contributed by atoms with Crippen LogP contribution in [0.2, 0.25) is 0 Å². The Morgan fingerprint density at radius 3 is 0.849 bits per heavy atom. The second-order valence-corrected chi connectivity index (χ2v) is 21.3. The van der Waals surface area contributed by atoms with Crippen molar-refractivity contribution in [1.29, 1.82) is 0 Å². The van der Waals surface area contributed by atoms with Gasteiger partial charge in [0, 0.05) is 19.3 Å². The standard InChI is InChI=1S/C67H120O6/c1-4-7-10-13-16-19-21-23-25-26-27-28-29-30-31-32-33-34-35-36-37-38-39-40-42-43-45-48-51-54-57-60-66(69)72-63-64(62-71-65(68)59-56-53-50-47-18-15-12-9-6-3)73-67(70)61-58-55-52-49-46-44-41-24-22-20-17-14-11-8-5-2/h7,10,16,19,23-25,27-28,41,64H,4-6,8-9,11-15,17-18,20-22,26,29-40,42-63H2,1-3H3/b10-7-,19-16-,25-23-,28-27-,41-24-. The van der Waals surface area contributed by atoms with Gasteiger partial charge in [0.2, 0.25) is 0 Å². The average molecular weight is 1020 g/mol. The fourth-order valence-corrected chi connectivity index (χ4v) is 9.25. The first kappa shape index (κ1) is 70.1. The first-order chi connectivity index (χ1) is 36.0. The molecule has 0 amide bonds. The van der Waals surface area contributed by atoms with Gasteiger partial charge in [-0.2, -0.15) is 0 Å². The Labute approximate surface area is 453 Å². The Balaban J connectivity index is 4.07. The van der Waals surface area contributed by atoms with Gasteiger partial charge in [-0.1, -0.05) is 287 Å². The van der Waals surface area contributed by atoms with Crippen LogP contribution in [0.25, 0.3) is 0 Å². The van der Waals surface area contributed by atoms with Gasteiger partial charge < -0.3 is 14.2 Å². The van der Waals surface area contributed by atoms with Gasteiger partial charge in [0.25, 0.3) is 0 Å². The molecule has 0 aliphatic carbocycles. The third kappa shape index (κ3) is 59.9. The highest BCUT2D eigenvalue weighted by Crippen LogP contribution is 2.17. The first-order valence-corrected chi connectivity index (χ1v) is 31.8. The van der Waals surface area contributed by atoms with Gasteiger partial charge in [0.15, 0.2) is 6.10 Å². The van der Waals surface area contributed by atoms with Gasteiger partial charge in [-0.05, 0) is 83.5 Å². The Hall–Kier alpha value is -2.89. The van der Waals surface area contributed by atoms with E-state index in [4.69, 9.17) is 14.2 Å². The number of esters is 3. The van der Waals surface area contributed by atoms with Crippen LogP contribution in [0.15, 0.2) is 60.8 Å². The second-order valence-electron chi connectivity index (χ2n) is 21.3. The van der Waals surface area contributed by atoms with Crippen LogP contribution in [0, 0.1) is 0 Å². The molecule has 0 aromatic rings. The number of unbranched alkanes of at least 4 members (excludes halogenated alkanes) is 37. The van der Waals surface area contributed by atoms with Gasteiger partial charge in [-0.25, -0.2) is 0 Å². The molecule has 6 heteroatoms. The SMILES string of the molecule is CC/C=C\C/C=C\C/C=C\C/C=C\CCCCCCCCCCCCCCCCCCCCC(=O)OCC(COC(=O)CCCCCCCCCCC)OC(=O)CCCCCCC/C=C\CCCCCCCC. The number of carbonyl (C=O) groups excluding carboxylic acids is 3. The van der Waals surface area contributed by atoms with Crippen molar-refractivity contribution >= 4 is 17.9 Å². The van der Waals surface area contributed by atoms with Crippen molar-refractivity contribution in [3.05, 3.63) is 60.8 Å². The summed E-state index contributed by atoms with van der Waals surface area (Å²) in [5.41, 5.74) is 0. The van der Waals surface area contributed by atoms with E-state index in [2.05, 4.69) is 81.5 Å². The Bertz CT molecular complexity index is 1310. The molecule has 0 saturated carbocycles. The summed E-state index contributed by atoms with van der Waals surface area (Å²) in [6.45, 7) is 6.53. The molecule has 0 aromatic carbocycles. The molecule has 0 bridgehead atoms. The quantitative estimate of drug-likeness (QED) is 0.0261. The largest absolute Gasteiger partial charge is 0.462 e. The van der Waals surface area contributed by atoms with Crippen LogP contribution in [0.3, 0.4) is 0 Å². The number of hydrogen-bond donors (Lipinski definition) is 0. The van der Waals surface area contributed by atoms with Gasteiger partial charge in [0.1, 0.15) is 13.2 Å². The van der Waals surface area contributed by atoms with Crippen LogP contribution in [0.1, 0.15) is 329 Å². The van der Waals surface area contributed by atoms with E-state index in [1.165, 1.54) is 199 Å². The number of allylic oxidation sites excluding steroid dienone is 10. The molecule has 0 N–H and O–H groups in total. The van der Waals surface area contributed by atoms with E-state index in [1.807, 2.05) is 0 Å². The number of ether oxygens (including phenoxy) is 3. The summed E-state index contributed by atoms with van der Waals surface area (Å²) in [6, 6.07) is 0. The predicted octanol–water partition coefficient (Wildman–Crippen LogP) is 21.6. The maximum atomic E-state index is 12.8. The Kier molecular flexibility index (Phi) is 59.2. The van der Waals surface area contributed by atoms with Crippen molar-refractivity contribution in [3.8, 4) is 0 Å². The zero-order valence-electron chi connectivity index (χ0n) is 48.7. The average Bonchev–Trinajstić information content (AvgIpc) is 3.39. The third-order valence-electron chi connectivity index (χ3n) is 14.0. The fraction of sp³-hybridized carbons (Fsp3) is 0.806. The van der Waals surface area contributed by atoms with Crippen LogP contribution < -0.4 is 0 Å². The molecule has 0 aliphatic rings. The molecule has 424 valence electrons. The smallest absolute Gasteiger partial charge is 0.306 e. The van der Waals surface area contributed by atoms with Crippen LogP contribution in [0.4, 0.5) is 0 Å². The fourth-order valence-electron chi connectivity index (χ4n) is 9.25. The molecule has 1 unspecified atom stereocenters. The highest BCUT2D eigenvalue weighted by atomic mass is 16.6. The van der Waals surface area contributed by atoms with Crippen molar-refractivity contribution < 1.29 is 28.6 Å². The molecule has 0 rings (SSSR count). The molecule has 0 aromatic heterocycles. The van der Waals surface area contributed by atoms with E-state index >= 15 is 0 Å². The Morgan fingerprint density at radius 2 is 0.534 bits per heavy atom. The molecule has 0 aliphatic heterocycles. The molecular formula is C67H120O6. The molecule has 1 atom stereocenters. The summed E-state index contributed by atoms with van der Waals surface area (Å²) in [5, 5.41) is 0.